The number of nitrogens with zero attached hydrogens (tertiary/aromatic N) is 2. The molecular weight excluding hydrogens is 354 g/mol. The van der Waals surface area contributed by atoms with Crippen molar-refractivity contribution in [1.29, 1.82) is 0 Å². The molecule has 2 aromatic rings. The zero-order valence-corrected chi connectivity index (χ0v) is 15.0. The van der Waals surface area contributed by atoms with Gasteiger partial charge in [0.25, 0.3) is 0 Å². The van der Waals surface area contributed by atoms with Gasteiger partial charge in [0.15, 0.2) is 4.34 Å². The van der Waals surface area contributed by atoms with Crippen molar-refractivity contribution in [1.82, 2.24) is 14.7 Å². The highest BCUT2D eigenvalue weighted by molar-refractivity contribution is 9.10. The van der Waals surface area contributed by atoms with Crippen molar-refractivity contribution in [2.24, 2.45) is 0 Å². The molecule has 1 heterocycles. The van der Waals surface area contributed by atoms with E-state index in [1.807, 2.05) is 0 Å². The first-order chi connectivity index (χ1) is 9.63. The molecular formula is C14H18BrN3S2. The Kier molecular flexibility index (Phi) is 6.01. The van der Waals surface area contributed by atoms with Crippen molar-refractivity contribution in [2.45, 2.75) is 42.5 Å². The van der Waals surface area contributed by atoms with Crippen molar-refractivity contribution in [2.75, 3.05) is 6.54 Å². The zero-order chi connectivity index (χ0) is 14.5. The number of halogens is 1. The summed E-state index contributed by atoms with van der Waals surface area (Å²) in [6.07, 6.45) is 0.886. The summed E-state index contributed by atoms with van der Waals surface area (Å²) in [6, 6.07) is 6.86. The van der Waals surface area contributed by atoms with Crippen LogP contribution in [-0.2, 0) is 6.42 Å². The van der Waals surface area contributed by atoms with Crippen LogP contribution in [0, 0.1) is 0 Å². The number of rotatable bonds is 6. The molecule has 0 fully saturated rings. The van der Waals surface area contributed by atoms with E-state index < -0.39 is 0 Å². The number of hydrogen-bond donors (Lipinski definition) is 1. The minimum Gasteiger partial charge on any atom is -0.310 e. The molecule has 2 rings (SSSR count). The van der Waals surface area contributed by atoms with Gasteiger partial charge in [-0.3, -0.25) is 0 Å². The molecule has 6 heteroatoms. The van der Waals surface area contributed by atoms with E-state index in [1.54, 1.807) is 11.8 Å². The summed E-state index contributed by atoms with van der Waals surface area (Å²) < 4.78 is 6.42. The minimum absolute atomic E-state index is 0.364. The van der Waals surface area contributed by atoms with Crippen molar-refractivity contribution >= 4 is 39.2 Å². The topological polar surface area (TPSA) is 37.8 Å². The molecule has 0 bridgehead atoms. The summed E-state index contributed by atoms with van der Waals surface area (Å²) in [5.41, 5.74) is 1.29. The highest BCUT2D eigenvalue weighted by Crippen LogP contribution is 2.35. The van der Waals surface area contributed by atoms with Crippen LogP contribution in [0.1, 0.15) is 38.2 Å². The highest BCUT2D eigenvalue weighted by Gasteiger charge is 2.10. The molecule has 0 aliphatic heterocycles. The molecule has 0 aliphatic carbocycles. The summed E-state index contributed by atoms with van der Waals surface area (Å²) in [5, 5.41) is 3.42. The zero-order valence-electron chi connectivity index (χ0n) is 11.8. The molecule has 20 heavy (non-hydrogen) atoms. The number of nitrogens with one attached hydrogen (secondary N) is 1. The summed E-state index contributed by atoms with van der Waals surface area (Å²) in [7, 11) is 0. The molecule has 1 N–H and O–H groups in total. The first-order valence-corrected chi connectivity index (χ1v) is 9.05. The number of benzene rings is 1. The van der Waals surface area contributed by atoms with Crippen LogP contribution in [0.15, 0.2) is 31.9 Å². The smallest absolute Gasteiger partial charge is 0.174 e. The SMILES string of the molecule is CCNC(C)c1ccc(Sc2nc(CC)ns2)c(Br)c1. The maximum Gasteiger partial charge on any atom is 0.174 e. The lowest BCUT2D eigenvalue weighted by Gasteiger charge is -2.14. The van der Waals surface area contributed by atoms with Crippen molar-refractivity contribution in [3.63, 3.8) is 0 Å². The average molecular weight is 372 g/mol. The Balaban J connectivity index is 2.13. The van der Waals surface area contributed by atoms with E-state index >= 15 is 0 Å². The number of aromatic nitrogens is 2. The molecule has 0 aliphatic rings. The summed E-state index contributed by atoms with van der Waals surface area (Å²) >= 11 is 6.78. The third-order valence-electron chi connectivity index (χ3n) is 2.93. The molecule has 3 nitrogen and oxygen atoms in total. The molecule has 1 unspecified atom stereocenters. The molecule has 1 atom stereocenters. The first-order valence-electron chi connectivity index (χ1n) is 6.67. The summed E-state index contributed by atoms with van der Waals surface area (Å²) in [4.78, 5) is 5.67. The molecule has 1 aromatic carbocycles. The summed E-state index contributed by atoms with van der Waals surface area (Å²) in [6.45, 7) is 7.34. The van der Waals surface area contributed by atoms with Gasteiger partial charge in [-0.05, 0) is 58.6 Å². The molecule has 0 amide bonds. The fraction of sp³-hybridized carbons (Fsp3) is 0.429. The monoisotopic (exact) mass is 371 g/mol. The highest BCUT2D eigenvalue weighted by atomic mass is 79.9. The van der Waals surface area contributed by atoms with E-state index in [9.17, 15) is 0 Å². The van der Waals surface area contributed by atoms with E-state index in [2.05, 4.69) is 69.6 Å². The largest absolute Gasteiger partial charge is 0.310 e. The second kappa shape index (κ2) is 7.54. The van der Waals surface area contributed by atoms with Gasteiger partial charge in [0.1, 0.15) is 5.82 Å². The van der Waals surface area contributed by atoms with Gasteiger partial charge < -0.3 is 5.32 Å². The maximum atomic E-state index is 4.49. The van der Waals surface area contributed by atoms with Crippen LogP contribution in [0.5, 0.6) is 0 Å². The number of aryl methyl sites for hydroxylation is 1. The minimum atomic E-state index is 0.364. The maximum absolute atomic E-state index is 4.49. The lowest BCUT2D eigenvalue weighted by molar-refractivity contribution is 0.597. The van der Waals surface area contributed by atoms with Crippen molar-refractivity contribution < 1.29 is 0 Å². The second-order valence-electron chi connectivity index (χ2n) is 4.40. The van der Waals surface area contributed by atoms with Crippen LogP contribution in [0.4, 0.5) is 0 Å². The Hall–Kier alpha value is -0.430. The van der Waals surface area contributed by atoms with Gasteiger partial charge in [0, 0.05) is 21.8 Å². The lowest BCUT2D eigenvalue weighted by Crippen LogP contribution is -2.17. The van der Waals surface area contributed by atoms with Gasteiger partial charge in [-0.15, -0.1) is 0 Å². The normalized spacial score (nSPS) is 12.6. The Labute approximate surface area is 136 Å². The Morgan fingerprint density at radius 2 is 2.20 bits per heavy atom. The predicted molar refractivity (Wildman–Crippen MR) is 89.6 cm³/mol. The molecule has 1 aromatic heterocycles. The molecule has 0 spiro atoms. The van der Waals surface area contributed by atoms with E-state index in [0.29, 0.717) is 6.04 Å². The fourth-order valence-corrected chi connectivity index (χ4v) is 4.11. The third-order valence-corrected chi connectivity index (χ3v) is 5.71. The van der Waals surface area contributed by atoms with Gasteiger partial charge >= 0.3 is 0 Å². The van der Waals surface area contributed by atoms with Crippen LogP contribution < -0.4 is 5.32 Å². The standard InChI is InChI=1S/C14H18BrN3S2/c1-4-13-17-14(20-18-13)19-12-7-6-10(8-11(12)15)9(3)16-5-2/h6-9,16H,4-5H2,1-3H3. The van der Waals surface area contributed by atoms with Gasteiger partial charge in [-0.1, -0.05) is 31.7 Å². The summed E-state index contributed by atoms with van der Waals surface area (Å²) in [5.74, 6) is 0.922. The number of hydrogen-bond acceptors (Lipinski definition) is 5. The van der Waals surface area contributed by atoms with Crippen molar-refractivity contribution in [3.05, 3.63) is 34.1 Å². The predicted octanol–water partition coefficient (Wildman–Crippen LogP) is 4.68. The van der Waals surface area contributed by atoms with Crippen LogP contribution in [-0.4, -0.2) is 15.9 Å². The average Bonchev–Trinajstić information content (AvgIpc) is 2.89. The quantitative estimate of drug-likeness (QED) is 0.799. The van der Waals surface area contributed by atoms with Gasteiger partial charge in [0.2, 0.25) is 0 Å². The van der Waals surface area contributed by atoms with Crippen LogP contribution in [0.2, 0.25) is 0 Å². The van der Waals surface area contributed by atoms with Crippen LogP contribution >= 0.6 is 39.2 Å². The Morgan fingerprint density at radius 3 is 2.80 bits per heavy atom. The lowest BCUT2D eigenvalue weighted by atomic mass is 10.1. The van der Waals surface area contributed by atoms with Gasteiger partial charge in [0.05, 0.1) is 0 Å². The van der Waals surface area contributed by atoms with Gasteiger partial charge in [-0.25, -0.2) is 4.98 Å². The first kappa shape index (κ1) is 15.9. The molecule has 108 valence electrons. The molecule has 0 saturated heterocycles. The van der Waals surface area contributed by atoms with Crippen LogP contribution in [0.25, 0.3) is 0 Å². The second-order valence-corrected chi connectivity index (χ2v) is 7.30. The van der Waals surface area contributed by atoms with Crippen LogP contribution in [0.3, 0.4) is 0 Å². The molecule has 0 radical (unpaired) electrons. The van der Waals surface area contributed by atoms with Crippen molar-refractivity contribution in [3.8, 4) is 0 Å². The molecule has 0 saturated carbocycles. The van der Waals surface area contributed by atoms with E-state index in [0.717, 1.165) is 27.6 Å². The fourth-order valence-electron chi connectivity index (χ4n) is 1.81. The Bertz CT molecular complexity index is 571. The van der Waals surface area contributed by atoms with E-state index in [-0.39, 0.29) is 0 Å². The van der Waals surface area contributed by atoms with Gasteiger partial charge in [-0.2, -0.15) is 4.37 Å². The van der Waals surface area contributed by atoms with E-state index in [1.165, 1.54) is 22.0 Å². The van der Waals surface area contributed by atoms with E-state index in [4.69, 9.17) is 0 Å². The third kappa shape index (κ3) is 4.04. The Morgan fingerprint density at radius 1 is 1.40 bits per heavy atom.